The minimum absolute atomic E-state index is 0.388. The summed E-state index contributed by atoms with van der Waals surface area (Å²) >= 11 is 3.23. The molecule has 0 N–H and O–H groups in total. The van der Waals surface area contributed by atoms with Crippen molar-refractivity contribution in [2.24, 2.45) is 0 Å². The average molecular weight is 274 g/mol. The van der Waals surface area contributed by atoms with Crippen molar-refractivity contribution in [1.82, 2.24) is 4.98 Å². The molecule has 0 unspecified atom stereocenters. The summed E-state index contributed by atoms with van der Waals surface area (Å²) in [7, 11) is 2.97. The summed E-state index contributed by atoms with van der Waals surface area (Å²) in [6.45, 7) is 0.556. The molecule has 0 aliphatic rings. The van der Waals surface area contributed by atoms with Crippen LogP contribution < -0.4 is 0 Å². The monoisotopic (exact) mass is 273 g/mol. The molecular formula is C10H12BrNO3. The van der Waals surface area contributed by atoms with E-state index < -0.39 is 0 Å². The molecule has 0 bridgehead atoms. The molecule has 0 aliphatic heterocycles. The number of ether oxygens (including phenoxy) is 2. The molecule has 0 saturated carbocycles. The molecule has 15 heavy (non-hydrogen) atoms. The predicted octanol–water partition coefficient (Wildman–Crippen LogP) is 1.82. The van der Waals surface area contributed by atoms with Crippen LogP contribution in [0.15, 0.2) is 16.9 Å². The Labute approximate surface area is 96.7 Å². The predicted molar refractivity (Wildman–Crippen MR) is 58.9 cm³/mol. The highest BCUT2D eigenvalue weighted by Crippen LogP contribution is 2.19. The number of halogens is 1. The highest BCUT2D eigenvalue weighted by molar-refractivity contribution is 9.10. The van der Waals surface area contributed by atoms with E-state index in [-0.39, 0.29) is 5.97 Å². The third-order valence-electron chi connectivity index (χ3n) is 1.96. The fraction of sp³-hybridized carbons (Fsp3) is 0.400. The smallest absolute Gasteiger partial charge is 0.340 e. The van der Waals surface area contributed by atoms with E-state index in [0.29, 0.717) is 23.2 Å². The number of rotatable bonds is 4. The molecule has 0 aliphatic carbocycles. The molecule has 1 rings (SSSR count). The summed E-state index contributed by atoms with van der Waals surface area (Å²) in [6, 6.07) is 1.79. The summed E-state index contributed by atoms with van der Waals surface area (Å²) in [6.07, 6.45) is 2.30. The van der Waals surface area contributed by atoms with E-state index in [9.17, 15) is 4.79 Å². The zero-order chi connectivity index (χ0) is 11.3. The van der Waals surface area contributed by atoms with Gasteiger partial charge in [0, 0.05) is 13.3 Å². The van der Waals surface area contributed by atoms with Crippen LogP contribution in [0.1, 0.15) is 15.9 Å². The van der Waals surface area contributed by atoms with Crippen molar-refractivity contribution in [3.8, 4) is 0 Å². The average Bonchev–Trinajstić information content (AvgIpc) is 2.25. The number of hydrogen-bond acceptors (Lipinski definition) is 4. The van der Waals surface area contributed by atoms with Crippen molar-refractivity contribution >= 4 is 21.9 Å². The largest absolute Gasteiger partial charge is 0.465 e. The van der Waals surface area contributed by atoms with Crippen molar-refractivity contribution < 1.29 is 14.3 Å². The van der Waals surface area contributed by atoms with Gasteiger partial charge in [-0.05, 0) is 34.0 Å². The van der Waals surface area contributed by atoms with Crippen LogP contribution in [-0.2, 0) is 15.9 Å². The van der Waals surface area contributed by atoms with Gasteiger partial charge < -0.3 is 9.47 Å². The van der Waals surface area contributed by atoms with E-state index in [0.717, 1.165) is 5.56 Å². The molecule has 0 aromatic carbocycles. The molecule has 82 valence electrons. The van der Waals surface area contributed by atoms with Gasteiger partial charge in [-0.25, -0.2) is 9.78 Å². The Kier molecular flexibility index (Phi) is 4.71. The molecule has 0 amide bonds. The Hall–Kier alpha value is -0.940. The van der Waals surface area contributed by atoms with Gasteiger partial charge >= 0.3 is 5.97 Å². The Morgan fingerprint density at radius 3 is 2.87 bits per heavy atom. The number of aromatic nitrogens is 1. The lowest BCUT2D eigenvalue weighted by Gasteiger charge is -2.08. The second-order valence-electron chi connectivity index (χ2n) is 2.87. The van der Waals surface area contributed by atoms with Gasteiger partial charge in [-0.3, -0.25) is 0 Å². The van der Waals surface area contributed by atoms with Gasteiger partial charge in [0.15, 0.2) is 0 Å². The first-order chi connectivity index (χ1) is 7.20. The van der Waals surface area contributed by atoms with Crippen molar-refractivity contribution in [3.63, 3.8) is 0 Å². The Balaban J connectivity index is 3.03. The third-order valence-corrected chi connectivity index (χ3v) is 2.56. The van der Waals surface area contributed by atoms with E-state index in [4.69, 9.17) is 4.74 Å². The molecule has 4 nitrogen and oxygen atoms in total. The number of esters is 1. The summed E-state index contributed by atoms with van der Waals surface area (Å²) in [5.41, 5.74) is 1.34. The fourth-order valence-corrected chi connectivity index (χ4v) is 1.75. The van der Waals surface area contributed by atoms with Crippen LogP contribution in [0.25, 0.3) is 0 Å². The van der Waals surface area contributed by atoms with Gasteiger partial charge in [0.1, 0.15) is 4.60 Å². The molecule has 0 atom stereocenters. The Morgan fingerprint density at radius 2 is 2.27 bits per heavy atom. The highest BCUT2D eigenvalue weighted by Gasteiger charge is 2.16. The van der Waals surface area contributed by atoms with Gasteiger partial charge in [0.25, 0.3) is 0 Å². The van der Waals surface area contributed by atoms with Crippen LogP contribution in [0.2, 0.25) is 0 Å². The molecule has 1 aromatic heterocycles. The van der Waals surface area contributed by atoms with Gasteiger partial charge in [-0.1, -0.05) is 0 Å². The Morgan fingerprint density at radius 1 is 1.53 bits per heavy atom. The van der Waals surface area contributed by atoms with Crippen LogP contribution in [-0.4, -0.2) is 31.8 Å². The zero-order valence-corrected chi connectivity index (χ0v) is 10.2. The minimum atomic E-state index is -0.388. The first-order valence-electron chi connectivity index (χ1n) is 4.41. The van der Waals surface area contributed by atoms with Gasteiger partial charge in [0.2, 0.25) is 0 Å². The Bertz CT molecular complexity index is 355. The summed E-state index contributed by atoms with van der Waals surface area (Å²) in [5.74, 6) is -0.388. The lowest BCUT2D eigenvalue weighted by atomic mass is 10.1. The van der Waals surface area contributed by atoms with Crippen LogP contribution >= 0.6 is 15.9 Å². The summed E-state index contributed by atoms with van der Waals surface area (Å²) in [4.78, 5) is 15.5. The van der Waals surface area contributed by atoms with Crippen molar-refractivity contribution in [3.05, 3.63) is 28.0 Å². The van der Waals surface area contributed by atoms with Crippen molar-refractivity contribution in [2.45, 2.75) is 6.42 Å². The van der Waals surface area contributed by atoms with Crippen LogP contribution in [0.3, 0.4) is 0 Å². The normalized spacial score (nSPS) is 10.1. The van der Waals surface area contributed by atoms with Crippen LogP contribution in [0.5, 0.6) is 0 Å². The molecule has 0 fully saturated rings. The summed E-state index contributed by atoms with van der Waals surface area (Å²) < 4.78 is 10.2. The lowest BCUT2D eigenvalue weighted by molar-refractivity contribution is 0.0597. The molecule has 1 heterocycles. The SMILES string of the molecule is COCCc1ccnc(Br)c1C(=O)OC. The standard InChI is InChI=1S/C10H12BrNO3/c1-14-6-4-7-3-5-12-9(11)8(7)10(13)15-2/h3,5H,4,6H2,1-2H3. The van der Waals surface area contributed by atoms with Crippen molar-refractivity contribution in [2.75, 3.05) is 20.8 Å². The minimum Gasteiger partial charge on any atom is -0.465 e. The van der Waals surface area contributed by atoms with E-state index >= 15 is 0 Å². The number of pyridine rings is 1. The third kappa shape index (κ3) is 3.00. The maximum atomic E-state index is 11.5. The molecule has 5 heteroatoms. The second kappa shape index (κ2) is 5.82. The van der Waals surface area contributed by atoms with Crippen LogP contribution in [0.4, 0.5) is 0 Å². The van der Waals surface area contributed by atoms with E-state index in [1.165, 1.54) is 7.11 Å². The molecule has 0 spiro atoms. The molecule has 1 aromatic rings. The maximum Gasteiger partial charge on any atom is 0.340 e. The number of hydrogen-bond donors (Lipinski definition) is 0. The second-order valence-corrected chi connectivity index (χ2v) is 3.62. The maximum absolute atomic E-state index is 11.5. The number of nitrogens with zero attached hydrogens (tertiary/aromatic N) is 1. The van der Waals surface area contributed by atoms with Crippen molar-refractivity contribution in [1.29, 1.82) is 0 Å². The highest BCUT2D eigenvalue weighted by atomic mass is 79.9. The number of methoxy groups -OCH3 is 2. The first kappa shape index (κ1) is 12.1. The van der Waals surface area contributed by atoms with Crippen LogP contribution in [0, 0.1) is 0 Å². The molecule has 0 radical (unpaired) electrons. The lowest BCUT2D eigenvalue weighted by Crippen LogP contribution is -2.09. The molecular weight excluding hydrogens is 262 g/mol. The number of carbonyl (C=O) groups excluding carboxylic acids is 1. The fourth-order valence-electron chi connectivity index (χ4n) is 1.21. The molecule has 0 saturated heterocycles. The van der Waals surface area contributed by atoms with Gasteiger partial charge in [-0.15, -0.1) is 0 Å². The van der Waals surface area contributed by atoms with E-state index in [1.807, 2.05) is 0 Å². The summed E-state index contributed by atoms with van der Waals surface area (Å²) in [5, 5.41) is 0. The van der Waals surface area contributed by atoms with Gasteiger partial charge in [0.05, 0.1) is 19.3 Å². The van der Waals surface area contributed by atoms with E-state index in [1.54, 1.807) is 19.4 Å². The zero-order valence-electron chi connectivity index (χ0n) is 8.62. The van der Waals surface area contributed by atoms with E-state index in [2.05, 4.69) is 25.7 Å². The topological polar surface area (TPSA) is 48.4 Å². The number of carbonyl (C=O) groups is 1. The van der Waals surface area contributed by atoms with Gasteiger partial charge in [-0.2, -0.15) is 0 Å². The quantitative estimate of drug-likeness (QED) is 0.620. The first-order valence-corrected chi connectivity index (χ1v) is 5.20.